The van der Waals surface area contributed by atoms with Crippen LogP contribution in [0, 0.1) is 0 Å². The van der Waals surface area contributed by atoms with Gasteiger partial charge in [-0.15, -0.1) is 13.2 Å². The van der Waals surface area contributed by atoms with Gasteiger partial charge >= 0.3 is 12.3 Å². The molecule has 0 aromatic heterocycles. The molecule has 0 radical (unpaired) electrons. The van der Waals surface area contributed by atoms with Gasteiger partial charge in [-0.25, -0.2) is 0 Å². The zero-order valence-corrected chi connectivity index (χ0v) is 21.2. The monoisotopic (exact) mass is 553 g/mol. The molecule has 1 aliphatic carbocycles. The Hall–Kier alpha value is -3.52. The van der Waals surface area contributed by atoms with Crippen LogP contribution in [0.4, 0.5) is 22.0 Å². The smallest absolute Gasteiger partial charge is 0.481 e. The standard InChI is InChI=1S/C27H25F5NO4P/c28-26(29,38)23-13-11-20(18-2-1-3-22(12-10-18)37-27(30,31)32)16-21(23)9-6-17-4-7-19(8-5-17)25(36)33-15-14-24(34)35/h1-2,4-5,7-8,10-13,16H,3,6,9,14-15,38H2,(H,33,36)(H,34,35). The molecule has 202 valence electrons. The number of rotatable bonds is 10. The van der Waals surface area contributed by atoms with Crippen LogP contribution in [0.1, 0.15) is 45.5 Å². The van der Waals surface area contributed by atoms with Gasteiger partial charge in [-0.05, 0) is 53.3 Å². The molecule has 38 heavy (non-hydrogen) atoms. The minimum atomic E-state index is -4.81. The predicted molar refractivity (Wildman–Crippen MR) is 135 cm³/mol. The number of halogens is 5. The number of aryl methyl sites for hydroxylation is 2. The van der Waals surface area contributed by atoms with E-state index in [4.69, 9.17) is 5.11 Å². The Morgan fingerprint density at radius 3 is 2.34 bits per heavy atom. The van der Waals surface area contributed by atoms with E-state index < -0.39 is 23.9 Å². The SMILES string of the molecule is O=C(O)CCNC(=O)c1ccc(CCc2cc(C3=CC=C(OC(F)(F)F)CC=C3)ccc2C(F)(F)P)cc1. The summed E-state index contributed by atoms with van der Waals surface area (Å²) in [6, 6.07) is 10.9. The van der Waals surface area contributed by atoms with E-state index in [1.807, 2.05) is 0 Å². The lowest BCUT2D eigenvalue weighted by atomic mass is 9.94. The van der Waals surface area contributed by atoms with Gasteiger partial charge in [0.2, 0.25) is 0 Å². The summed E-state index contributed by atoms with van der Waals surface area (Å²) in [5.41, 5.74) is -0.764. The summed E-state index contributed by atoms with van der Waals surface area (Å²) >= 11 is 0. The van der Waals surface area contributed by atoms with Crippen molar-refractivity contribution in [3.63, 3.8) is 0 Å². The van der Waals surface area contributed by atoms with Crippen molar-refractivity contribution in [3.8, 4) is 0 Å². The Morgan fingerprint density at radius 2 is 1.71 bits per heavy atom. The van der Waals surface area contributed by atoms with Gasteiger partial charge < -0.3 is 15.2 Å². The molecular formula is C27H25F5NO4P. The molecule has 1 unspecified atom stereocenters. The normalized spacial score (nSPS) is 13.8. The van der Waals surface area contributed by atoms with Crippen LogP contribution in [0.2, 0.25) is 0 Å². The molecule has 1 atom stereocenters. The Morgan fingerprint density at radius 1 is 1.00 bits per heavy atom. The molecule has 0 saturated carbocycles. The number of amides is 1. The van der Waals surface area contributed by atoms with Gasteiger partial charge in [0, 0.05) is 24.1 Å². The molecule has 3 rings (SSSR count). The first kappa shape index (κ1) is 29.0. The Labute approximate surface area is 218 Å². The third-order valence-electron chi connectivity index (χ3n) is 5.63. The van der Waals surface area contributed by atoms with Gasteiger partial charge in [0.05, 0.1) is 6.42 Å². The highest BCUT2D eigenvalue weighted by molar-refractivity contribution is 7.17. The van der Waals surface area contributed by atoms with E-state index >= 15 is 0 Å². The lowest BCUT2D eigenvalue weighted by Crippen LogP contribution is -2.25. The molecule has 2 N–H and O–H groups in total. The van der Waals surface area contributed by atoms with Crippen LogP contribution >= 0.6 is 9.24 Å². The molecule has 0 bridgehead atoms. The molecule has 2 aromatic carbocycles. The minimum Gasteiger partial charge on any atom is -0.481 e. The molecule has 0 saturated heterocycles. The number of alkyl halides is 5. The first-order valence-electron chi connectivity index (χ1n) is 11.5. The molecule has 1 aliphatic rings. The average Bonchev–Trinajstić information content (AvgIpc) is 3.06. The summed E-state index contributed by atoms with van der Waals surface area (Å²) in [4.78, 5) is 22.7. The number of aliphatic carboxylic acids is 1. The Kier molecular flexibility index (Phi) is 9.44. The molecule has 0 fully saturated rings. The maximum absolute atomic E-state index is 14.3. The maximum Gasteiger partial charge on any atom is 0.572 e. The molecule has 0 heterocycles. The Balaban J connectivity index is 1.77. The lowest BCUT2D eigenvalue weighted by molar-refractivity contribution is -0.305. The molecule has 1 amide bonds. The fourth-order valence-electron chi connectivity index (χ4n) is 3.82. The second-order valence-corrected chi connectivity index (χ2v) is 9.23. The zero-order valence-electron chi connectivity index (χ0n) is 20.0. The Bertz CT molecular complexity index is 1260. The van der Waals surface area contributed by atoms with Gasteiger partial charge in [-0.2, -0.15) is 8.78 Å². The number of hydrogen-bond acceptors (Lipinski definition) is 3. The summed E-state index contributed by atoms with van der Waals surface area (Å²) in [7, 11) is 1.52. The number of carboxylic acids is 1. The number of carboxylic acid groups (broad SMARTS) is 1. The van der Waals surface area contributed by atoms with Gasteiger partial charge in [0.15, 0.2) is 0 Å². The van der Waals surface area contributed by atoms with Gasteiger partial charge in [0.25, 0.3) is 11.6 Å². The molecule has 11 heteroatoms. The number of hydrogen-bond donors (Lipinski definition) is 2. The number of benzene rings is 2. The fraction of sp³-hybridized carbons (Fsp3) is 0.259. The average molecular weight is 553 g/mol. The second kappa shape index (κ2) is 12.3. The summed E-state index contributed by atoms with van der Waals surface area (Å²) < 4.78 is 70.2. The number of carbonyl (C=O) groups is 2. The maximum atomic E-state index is 14.3. The van der Waals surface area contributed by atoms with Crippen molar-refractivity contribution in [3.05, 3.63) is 100 Å². The van der Waals surface area contributed by atoms with E-state index in [2.05, 4.69) is 10.1 Å². The molecule has 0 aliphatic heterocycles. The molecule has 5 nitrogen and oxygen atoms in total. The number of carbonyl (C=O) groups excluding carboxylic acids is 1. The highest BCUT2D eigenvalue weighted by atomic mass is 31.0. The van der Waals surface area contributed by atoms with Crippen LogP contribution in [0.5, 0.6) is 0 Å². The number of ether oxygens (including phenoxy) is 1. The minimum absolute atomic E-state index is 0.00361. The summed E-state index contributed by atoms with van der Waals surface area (Å²) in [6.07, 6.45) is 1.33. The molecular weight excluding hydrogens is 528 g/mol. The fourth-order valence-corrected chi connectivity index (χ4v) is 4.10. The second-order valence-electron chi connectivity index (χ2n) is 8.50. The van der Waals surface area contributed by atoms with Crippen LogP contribution < -0.4 is 5.32 Å². The number of allylic oxidation sites excluding steroid dienone is 5. The van der Waals surface area contributed by atoms with Crippen molar-refractivity contribution in [2.75, 3.05) is 6.54 Å². The van der Waals surface area contributed by atoms with Crippen molar-refractivity contribution < 1.29 is 41.4 Å². The quantitative estimate of drug-likeness (QED) is 0.265. The lowest BCUT2D eigenvalue weighted by Gasteiger charge is -2.17. The topological polar surface area (TPSA) is 75.6 Å². The summed E-state index contributed by atoms with van der Waals surface area (Å²) in [5.74, 6) is -1.72. The summed E-state index contributed by atoms with van der Waals surface area (Å²) in [5, 5.41) is 11.2. The highest BCUT2D eigenvalue weighted by Gasteiger charge is 2.32. The van der Waals surface area contributed by atoms with Crippen molar-refractivity contribution in [2.45, 2.75) is 37.7 Å². The highest BCUT2D eigenvalue weighted by Crippen LogP contribution is 2.38. The van der Waals surface area contributed by atoms with Gasteiger partial charge in [0.1, 0.15) is 5.76 Å². The molecule has 0 spiro atoms. The van der Waals surface area contributed by atoms with E-state index in [0.29, 0.717) is 28.7 Å². The van der Waals surface area contributed by atoms with E-state index in [9.17, 15) is 31.5 Å². The zero-order chi connectivity index (χ0) is 27.9. The largest absolute Gasteiger partial charge is 0.572 e. The first-order valence-corrected chi connectivity index (χ1v) is 12.1. The first-order chi connectivity index (χ1) is 17.8. The van der Waals surface area contributed by atoms with Crippen LogP contribution in [-0.2, 0) is 28.0 Å². The van der Waals surface area contributed by atoms with Gasteiger partial charge in [-0.1, -0.05) is 57.8 Å². The van der Waals surface area contributed by atoms with Crippen molar-refractivity contribution >= 4 is 26.7 Å². The van der Waals surface area contributed by atoms with Gasteiger partial charge in [-0.3, -0.25) is 9.59 Å². The van der Waals surface area contributed by atoms with Crippen LogP contribution in [0.25, 0.3) is 5.57 Å². The van der Waals surface area contributed by atoms with E-state index in [1.54, 1.807) is 36.4 Å². The van der Waals surface area contributed by atoms with E-state index in [1.165, 1.54) is 39.6 Å². The molecule has 2 aromatic rings. The van der Waals surface area contributed by atoms with Crippen molar-refractivity contribution in [1.82, 2.24) is 5.32 Å². The van der Waals surface area contributed by atoms with Crippen LogP contribution in [-0.4, -0.2) is 29.9 Å². The third kappa shape index (κ3) is 8.80. The summed E-state index contributed by atoms with van der Waals surface area (Å²) in [6.45, 7) is -0.00361. The van der Waals surface area contributed by atoms with Crippen LogP contribution in [0.15, 0.2) is 72.5 Å². The number of nitrogens with one attached hydrogen (secondary N) is 1. The van der Waals surface area contributed by atoms with Crippen molar-refractivity contribution in [2.24, 2.45) is 0 Å². The third-order valence-corrected chi connectivity index (χ3v) is 5.94. The van der Waals surface area contributed by atoms with Crippen molar-refractivity contribution in [1.29, 1.82) is 0 Å². The van der Waals surface area contributed by atoms with E-state index in [-0.39, 0.29) is 37.1 Å². The van der Waals surface area contributed by atoms with Crippen LogP contribution in [0.3, 0.4) is 0 Å². The van der Waals surface area contributed by atoms with E-state index in [0.717, 1.165) is 5.56 Å². The predicted octanol–water partition coefficient (Wildman–Crippen LogP) is 6.36.